The Hall–Kier alpha value is -4.48. The van der Waals surface area contributed by atoms with Crippen molar-refractivity contribution in [1.82, 2.24) is 26.1 Å². The van der Waals surface area contributed by atoms with Gasteiger partial charge >= 0.3 is 12.2 Å². The lowest BCUT2D eigenvalue weighted by Gasteiger charge is -2.32. The molecule has 0 spiro atoms. The van der Waals surface area contributed by atoms with Gasteiger partial charge in [0.2, 0.25) is 5.91 Å². The van der Waals surface area contributed by atoms with Gasteiger partial charge in [-0.05, 0) is 56.4 Å². The number of aliphatic hydroxyl groups excluding tert-OH is 1. The molecule has 0 aliphatic rings. The molecule has 0 fully saturated rings. The zero-order valence-electron chi connectivity index (χ0n) is 26.6. The quantitative estimate of drug-likeness (QED) is 0.195. The van der Waals surface area contributed by atoms with Gasteiger partial charge in [0.05, 0.1) is 17.8 Å². The van der Waals surface area contributed by atoms with Gasteiger partial charge in [-0.2, -0.15) is 0 Å². The molecule has 2 aromatic carbocycles. The van der Waals surface area contributed by atoms with Crippen molar-refractivity contribution in [3.05, 3.63) is 102 Å². The minimum absolute atomic E-state index is 0.0300. The van der Waals surface area contributed by atoms with Crippen LogP contribution in [0.1, 0.15) is 51.4 Å². The van der Waals surface area contributed by atoms with E-state index in [-0.39, 0.29) is 25.6 Å². The van der Waals surface area contributed by atoms with Crippen LogP contribution in [0.15, 0.2) is 85.1 Å². The van der Waals surface area contributed by atoms with E-state index in [0.717, 1.165) is 11.1 Å². The monoisotopic (exact) mass is 619 g/mol. The maximum absolute atomic E-state index is 13.6. The number of hydrogen-bond acceptors (Lipinski definition) is 8. The molecule has 3 atom stereocenters. The molecule has 3 aromatic rings. The van der Waals surface area contributed by atoms with Gasteiger partial charge in [0.15, 0.2) is 0 Å². The fourth-order valence-electron chi connectivity index (χ4n) is 4.49. The van der Waals surface area contributed by atoms with Gasteiger partial charge < -0.3 is 25.2 Å². The summed E-state index contributed by atoms with van der Waals surface area (Å²) in [6.45, 7) is 9.11. The van der Waals surface area contributed by atoms with Gasteiger partial charge in [-0.25, -0.2) is 14.6 Å². The number of aliphatic hydroxyl groups is 1. The molecular formula is C34H45N5O6. The highest BCUT2D eigenvalue weighted by Crippen LogP contribution is 2.13. The molecule has 11 heteroatoms. The summed E-state index contributed by atoms with van der Waals surface area (Å²) in [6.07, 6.45) is -0.651. The predicted molar refractivity (Wildman–Crippen MR) is 170 cm³/mol. The number of carbonyl (C=O) groups excluding carboxylic acids is 3. The molecular weight excluding hydrogens is 574 g/mol. The summed E-state index contributed by atoms with van der Waals surface area (Å²) in [6, 6.07) is 22.5. The lowest BCUT2D eigenvalue weighted by Crippen LogP contribution is -2.57. The number of hydrogen-bond donors (Lipinski definition) is 4. The normalized spacial score (nSPS) is 13.4. The van der Waals surface area contributed by atoms with Crippen molar-refractivity contribution in [1.29, 1.82) is 0 Å². The zero-order chi connectivity index (χ0) is 32.8. The largest absolute Gasteiger partial charge is 0.443 e. The van der Waals surface area contributed by atoms with E-state index in [0.29, 0.717) is 12.1 Å². The van der Waals surface area contributed by atoms with Gasteiger partial charge in [0.25, 0.3) is 0 Å². The number of rotatable bonds is 14. The molecule has 4 N–H and O–H groups in total. The highest BCUT2D eigenvalue weighted by atomic mass is 16.6. The Labute approximate surface area is 265 Å². The molecule has 0 saturated carbocycles. The Balaban J connectivity index is 1.76. The first-order valence-electron chi connectivity index (χ1n) is 15.0. The molecule has 0 radical (unpaired) electrons. The molecule has 1 aromatic heterocycles. The van der Waals surface area contributed by atoms with Gasteiger partial charge in [-0.1, -0.05) is 80.6 Å². The van der Waals surface area contributed by atoms with Crippen LogP contribution in [0.4, 0.5) is 9.59 Å². The van der Waals surface area contributed by atoms with Crippen LogP contribution in [0.5, 0.6) is 0 Å². The first-order chi connectivity index (χ1) is 21.4. The first kappa shape index (κ1) is 35.0. The zero-order valence-corrected chi connectivity index (χ0v) is 26.6. The van der Waals surface area contributed by atoms with E-state index in [1.54, 1.807) is 64.0 Å². The van der Waals surface area contributed by atoms with Crippen LogP contribution in [0, 0.1) is 5.92 Å². The van der Waals surface area contributed by atoms with Crippen LogP contribution in [-0.2, 0) is 33.8 Å². The summed E-state index contributed by atoms with van der Waals surface area (Å²) in [5.74, 6) is -0.764. The van der Waals surface area contributed by atoms with E-state index in [4.69, 9.17) is 9.47 Å². The molecule has 3 unspecified atom stereocenters. The molecule has 3 rings (SSSR count). The average Bonchev–Trinajstić information content (AvgIpc) is 2.98. The molecule has 0 aliphatic carbocycles. The molecule has 0 saturated heterocycles. The third-order valence-corrected chi connectivity index (χ3v) is 6.66. The van der Waals surface area contributed by atoms with E-state index in [9.17, 15) is 19.5 Å². The van der Waals surface area contributed by atoms with Crippen LogP contribution in [0.3, 0.4) is 0 Å². The highest BCUT2D eigenvalue weighted by molar-refractivity contribution is 5.86. The molecule has 242 valence electrons. The van der Waals surface area contributed by atoms with E-state index in [1.165, 1.54) is 0 Å². The van der Waals surface area contributed by atoms with Crippen molar-refractivity contribution in [3.63, 3.8) is 0 Å². The maximum atomic E-state index is 13.6. The Morgan fingerprint density at radius 2 is 1.49 bits per heavy atom. The summed E-state index contributed by atoms with van der Waals surface area (Å²) in [5.41, 5.74) is 4.38. The van der Waals surface area contributed by atoms with Crippen molar-refractivity contribution in [2.24, 2.45) is 5.92 Å². The lowest BCUT2D eigenvalue weighted by molar-refractivity contribution is -0.125. The average molecular weight is 620 g/mol. The van der Waals surface area contributed by atoms with Gasteiger partial charge in [-0.3, -0.25) is 15.2 Å². The van der Waals surface area contributed by atoms with E-state index >= 15 is 0 Å². The number of alkyl carbamates (subject to hydrolysis) is 1. The van der Waals surface area contributed by atoms with Crippen LogP contribution >= 0.6 is 0 Å². The molecule has 1 heterocycles. The van der Waals surface area contributed by atoms with Crippen molar-refractivity contribution in [2.45, 2.75) is 78.0 Å². The number of amides is 3. The first-order valence-corrected chi connectivity index (χ1v) is 15.0. The minimum Gasteiger partial charge on any atom is -0.443 e. The smallest absolute Gasteiger partial charge is 0.422 e. The second-order valence-electron chi connectivity index (χ2n) is 12.1. The summed E-state index contributed by atoms with van der Waals surface area (Å²) in [7, 11) is 0. The third-order valence-electron chi connectivity index (χ3n) is 6.66. The standard InChI is InChI=1S/C34H45N5O6/c1-24(2)30(37-32(42)44-23-27-18-12-13-19-35-27)31(41)36-28(20-25-14-8-6-9-15-25)29(40)22-39(21-26-16-10-7-11-17-26)38-33(43)45-34(3,4)5/h6-19,24,28-30,40H,20-23H2,1-5H3,(H,36,41)(H,37,42)(H,38,43). The number of aromatic nitrogens is 1. The highest BCUT2D eigenvalue weighted by Gasteiger charge is 2.31. The summed E-state index contributed by atoms with van der Waals surface area (Å²) in [5, 5.41) is 18.7. The van der Waals surface area contributed by atoms with Gasteiger partial charge in [0.1, 0.15) is 18.2 Å². The fraction of sp³-hybridized carbons (Fsp3) is 0.412. The van der Waals surface area contributed by atoms with Gasteiger partial charge in [-0.15, -0.1) is 0 Å². The predicted octanol–water partition coefficient (Wildman–Crippen LogP) is 4.36. The number of nitrogens with zero attached hydrogens (tertiary/aromatic N) is 2. The topological polar surface area (TPSA) is 142 Å². The lowest BCUT2D eigenvalue weighted by atomic mass is 9.98. The third kappa shape index (κ3) is 13.0. The number of carbonyl (C=O) groups is 3. The number of ether oxygens (including phenoxy) is 2. The van der Waals surface area contributed by atoms with E-state index < -0.39 is 41.9 Å². The summed E-state index contributed by atoms with van der Waals surface area (Å²) in [4.78, 5) is 43.1. The maximum Gasteiger partial charge on any atom is 0.422 e. The molecule has 11 nitrogen and oxygen atoms in total. The molecule has 45 heavy (non-hydrogen) atoms. The number of pyridine rings is 1. The number of nitrogens with one attached hydrogen (secondary N) is 3. The van der Waals surface area contributed by atoms with Crippen molar-refractivity contribution in [2.75, 3.05) is 6.54 Å². The second-order valence-corrected chi connectivity index (χ2v) is 12.1. The van der Waals surface area contributed by atoms with Gasteiger partial charge in [0, 0.05) is 19.3 Å². The van der Waals surface area contributed by atoms with Crippen molar-refractivity contribution in [3.8, 4) is 0 Å². The Morgan fingerprint density at radius 3 is 2.07 bits per heavy atom. The van der Waals surface area contributed by atoms with Crippen LogP contribution in [0.25, 0.3) is 0 Å². The Kier molecular flexibility index (Phi) is 13.3. The Bertz CT molecular complexity index is 1340. The molecule has 3 amide bonds. The second kappa shape index (κ2) is 17.1. The van der Waals surface area contributed by atoms with Crippen molar-refractivity contribution >= 4 is 18.1 Å². The fourth-order valence-corrected chi connectivity index (χ4v) is 4.49. The summed E-state index contributed by atoms with van der Waals surface area (Å²) >= 11 is 0. The van der Waals surface area contributed by atoms with Crippen LogP contribution in [-0.4, -0.2) is 63.5 Å². The molecule has 0 aliphatic heterocycles. The number of benzene rings is 2. The Morgan fingerprint density at radius 1 is 0.867 bits per heavy atom. The number of hydrazine groups is 1. The van der Waals surface area contributed by atoms with E-state index in [1.807, 2.05) is 60.7 Å². The summed E-state index contributed by atoms with van der Waals surface area (Å²) < 4.78 is 10.7. The van der Waals surface area contributed by atoms with Crippen LogP contribution < -0.4 is 16.1 Å². The minimum atomic E-state index is -1.13. The molecule has 0 bridgehead atoms. The van der Waals surface area contributed by atoms with E-state index in [2.05, 4.69) is 21.0 Å². The van der Waals surface area contributed by atoms with Crippen LogP contribution in [0.2, 0.25) is 0 Å². The van der Waals surface area contributed by atoms with Crippen molar-refractivity contribution < 1.29 is 29.0 Å². The SMILES string of the molecule is CC(C)C(NC(=O)OCc1ccccn1)C(=O)NC(Cc1ccccc1)C(O)CN(Cc1ccccc1)NC(=O)OC(C)(C)C.